The zero-order chi connectivity index (χ0) is 31.6. The van der Waals surface area contributed by atoms with E-state index < -0.39 is 11.7 Å². The minimum absolute atomic E-state index is 0.155. The Morgan fingerprint density at radius 3 is 2.62 bits per heavy atom. The molecule has 10 heteroatoms. The highest BCUT2D eigenvalue weighted by Gasteiger charge is 2.24. The molecule has 10 nitrogen and oxygen atoms in total. The first-order valence-corrected chi connectivity index (χ1v) is 15.3. The molecule has 2 aromatic carbocycles. The highest BCUT2D eigenvalue weighted by molar-refractivity contribution is 5.74. The first-order chi connectivity index (χ1) is 21.6. The number of alkyl carbamates (subject to hydrolysis) is 1. The van der Waals surface area contributed by atoms with E-state index in [9.17, 15) is 9.59 Å². The third-order valence-corrected chi connectivity index (χ3v) is 7.70. The largest absolute Gasteiger partial charge is 0.456 e. The van der Waals surface area contributed by atoms with E-state index in [4.69, 9.17) is 19.2 Å². The monoisotopic (exact) mass is 609 g/mol. The number of aryl methyl sites for hydroxylation is 1. The number of amides is 1. The Hall–Kier alpha value is -4.83. The van der Waals surface area contributed by atoms with Crippen molar-refractivity contribution in [3.05, 3.63) is 99.6 Å². The molecule has 6 rings (SSSR count). The summed E-state index contributed by atoms with van der Waals surface area (Å²) in [5, 5.41) is 6.43. The second kappa shape index (κ2) is 12.6. The molecule has 45 heavy (non-hydrogen) atoms. The molecule has 4 aromatic rings. The van der Waals surface area contributed by atoms with Crippen LogP contribution in [0.4, 0.5) is 16.2 Å². The molecule has 2 aromatic heterocycles. The van der Waals surface area contributed by atoms with Crippen molar-refractivity contribution in [2.24, 2.45) is 0 Å². The molecule has 1 saturated heterocycles. The van der Waals surface area contributed by atoms with Crippen LogP contribution < -0.4 is 25.8 Å². The number of benzene rings is 2. The molecule has 3 N–H and O–H groups in total. The van der Waals surface area contributed by atoms with Crippen molar-refractivity contribution in [2.75, 3.05) is 43.1 Å². The maximum atomic E-state index is 12.7. The second-order valence-electron chi connectivity index (χ2n) is 12.4. The average molecular weight is 610 g/mol. The van der Waals surface area contributed by atoms with Crippen molar-refractivity contribution in [1.29, 1.82) is 0 Å². The molecule has 2 aliphatic heterocycles. The van der Waals surface area contributed by atoms with Gasteiger partial charge in [0.25, 0.3) is 0 Å². The van der Waals surface area contributed by atoms with E-state index >= 15 is 0 Å². The number of anilines is 2. The Bertz CT molecular complexity index is 1760. The normalized spacial score (nSPS) is 14.9. The van der Waals surface area contributed by atoms with Crippen molar-refractivity contribution >= 4 is 17.5 Å². The van der Waals surface area contributed by atoms with Crippen molar-refractivity contribution in [1.82, 2.24) is 15.3 Å². The van der Waals surface area contributed by atoms with E-state index in [2.05, 4.69) is 32.7 Å². The number of nitrogens with zero attached hydrogens (tertiary/aromatic N) is 2. The third kappa shape index (κ3) is 7.29. The van der Waals surface area contributed by atoms with Gasteiger partial charge in [-0.2, -0.15) is 0 Å². The fourth-order valence-electron chi connectivity index (χ4n) is 5.65. The molecule has 1 fully saturated rings. The van der Waals surface area contributed by atoms with Gasteiger partial charge in [-0.25, -0.2) is 4.79 Å². The van der Waals surface area contributed by atoms with Crippen LogP contribution in [0.2, 0.25) is 0 Å². The Labute approximate surface area is 262 Å². The lowest BCUT2D eigenvalue weighted by atomic mass is 9.96. The van der Waals surface area contributed by atoms with E-state index in [-0.39, 0.29) is 18.1 Å². The first-order valence-electron chi connectivity index (χ1n) is 15.3. The highest BCUT2D eigenvalue weighted by Crippen LogP contribution is 2.43. The number of carbonyl (C=O) groups is 1. The molecule has 0 bridgehead atoms. The number of carbonyl (C=O) groups excluding carboxylic acids is 1. The first kappa shape index (κ1) is 30.2. The SMILES string of the molecule is Cc1cccc(C(CNC(=O)OC(C)(C)C)Nc2ccc3c(c2)Cc2cccc(-c4cc(N5CCOCC5)cc(=O)[nH]4)c2O3)n1. The standard InChI is InChI=1S/C35H39N5O5/c1-22-7-5-10-28(37-22)30(21-36-34(42)45-35(2,3)4)38-25-11-12-31-24(18-25)17-23-8-6-9-27(33(23)44-31)29-19-26(20-32(41)39-29)40-13-15-43-16-14-40/h5-12,18-20,30,38H,13-17,21H2,1-4H3,(H,36,42)(H,39,41). The van der Waals surface area contributed by atoms with E-state index in [0.29, 0.717) is 25.3 Å². The molecule has 1 atom stereocenters. The van der Waals surface area contributed by atoms with Crippen molar-refractivity contribution in [3.8, 4) is 22.8 Å². The molecular weight excluding hydrogens is 570 g/mol. The number of hydrogen-bond acceptors (Lipinski definition) is 8. The Balaban J connectivity index is 1.24. The molecule has 0 saturated carbocycles. The molecule has 1 unspecified atom stereocenters. The molecule has 234 valence electrons. The number of rotatable bonds is 7. The van der Waals surface area contributed by atoms with Gasteiger partial charge in [0.1, 0.15) is 17.1 Å². The predicted octanol–water partition coefficient (Wildman–Crippen LogP) is 5.96. The van der Waals surface area contributed by atoms with E-state index in [1.54, 1.807) is 6.07 Å². The maximum absolute atomic E-state index is 12.7. The number of aromatic amines is 1. The molecule has 4 heterocycles. The van der Waals surface area contributed by atoms with Crippen LogP contribution in [0, 0.1) is 6.92 Å². The van der Waals surface area contributed by atoms with Crippen LogP contribution in [0.5, 0.6) is 11.5 Å². The Morgan fingerprint density at radius 2 is 1.84 bits per heavy atom. The van der Waals surface area contributed by atoms with E-state index in [1.807, 2.05) is 76.2 Å². The lowest BCUT2D eigenvalue weighted by Gasteiger charge is -2.29. The fourth-order valence-corrected chi connectivity index (χ4v) is 5.65. The molecule has 1 amide bonds. The van der Waals surface area contributed by atoms with Crippen LogP contribution in [-0.4, -0.2) is 54.5 Å². The van der Waals surface area contributed by atoms with Crippen LogP contribution >= 0.6 is 0 Å². The summed E-state index contributed by atoms with van der Waals surface area (Å²) in [6.45, 7) is 10.5. The summed E-state index contributed by atoms with van der Waals surface area (Å²) in [5.74, 6) is 1.49. The topological polar surface area (TPSA) is 118 Å². The lowest BCUT2D eigenvalue weighted by Crippen LogP contribution is -2.36. The van der Waals surface area contributed by atoms with Gasteiger partial charge in [0.2, 0.25) is 5.56 Å². The quantitative estimate of drug-likeness (QED) is 0.207. The third-order valence-electron chi connectivity index (χ3n) is 7.70. The fraction of sp³-hybridized carbons (Fsp3) is 0.343. The van der Waals surface area contributed by atoms with Gasteiger partial charge in [0, 0.05) is 60.3 Å². The molecular formula is C35H39N5O5. The van der Waals surface area contributed by atoms with Crippen molar-refractivity contribution in [2.45, 2.75) is 45.8 Å². The predicted molar refractivity (Wildman–Crippen MR) is 174 cm³/mol. The Kier molecular flexibility index (Phi) is 8.49. The van der Waals surface area contributed by atoms with Crippen molar-refractivity contribution < 1.29 is 19.0 Å². The van der Waals surface area contributed by atoms with Crippen LogP contribution in [0.1, 0.15) is 49.3 Å². The molecule has 2 aliphatic rings. The minimum atomic E-state index is -0.593. The Morgan fingerprint density at radius 1 is 1.04 bits per heavy atom. The summed E-state index contributed by atoms with van der Waals surface area (Å²) < 4.78 is 17.4. The molecule has 0 spiro atoms. The molecule has 0 radical (unpaired) electrons. The number of para-hydroxylation sites is 1. The number of hydrogen-bond donors (Lipinski definition) is 3. The highest BCUT2D eigenvalue weighted by atomic mass is 16.6. The van der Waals surface area contributed by atoms with Gasteiger partial charge in [-0.05, 0) is 75.7 Å². The average Bonchev–Trinajstić information content (AvgIpc) is 3.01. The van der Waals surface area contributed by atoms with Crippen molar-refractivity contribution in [3.63, 3.8) is 0 Å². The van der Waals surface area contributed by atoms with Gasteiger partial charge in [0.15, 0.2) is 0 Å². The van der Waals surface area contributed by atoms with Gasteiger partial charge < -0.3 is 34.7 Å². The summed E-state index contributed by atoms with van der Waals surface area (Å²) >= 11 is 0. The lowest BCUT2D eigenvalue weighted by molar-refractivity contribution is 0.0525. The number of ether oxygens (including phenoxy) is 3. The number of pyridine rings is 2. The number of nitrogens with one attached hydrogen (secondary N) is 3. The maximum Gasteiger partial charge on any atom is 0.407 e. The van der Waals surface area contributed by atoms with Crippen LogP contribution in [0.25, 0.3) is 11.3 Å². The summed E-state index contributed by atoms with van der Waals surface area (Å²) in [7, 11) is 0. The van der Waals surface area contributed by atoms with Gasteiger partial charge in [0.05, 0.1) is 30.6 Å². The number of aromatic nitrogens is 2. The van der Waals surface area contributed by atoms with Gasteiger partial charge in [-0.3, -0.25) is 9.78 Å². The number of H-pyrrole nitrogens is 1. The van der Waals surface area contributed by atoms with Crippen LogP contribution in [0.3, 0.4) is 0 Å². The zero-order valence-electron chi connectivity index (χ0n) is 26.1. The van der Waals surface area contributed by atoms with Gasteiger partial charge in [-0.15, -0.1) is 0 Å². The van der Waals surface area contributed by atoms with E-state index in [1.165, 1.54) is 0 Å². The van der Waals surface area contributed by atoms with Crippen LogP contribution in [-0.2, 0) is 15.9 Å². The molecule has 0 aliphatic carbocycles. The summed E-state index contributed by atoms with van der Waals surface area (Å²) in [6.07, 6.45) is 0.176. The minimum Gasteiger partial charge on any atom is -0.456 e. The summed E-state index contributed by atoms with van der Waals surface area (Å²) in [5.41, 5.74) is 6.30. The van der Waals surface area contributed by atoms with Gasteiger partial charge in [-0.1, -0.05) is 18.2 Å². The van der Waals surface area contributed by atoms with Gasteiger partial charge >= 0.3 is 6.09 Å². The summed E-state index contributed by atoms with van der Waals surface area (Å²) in [4.78, 5) is 35.0. The van der Waals surface area contributed by atoms with Crippen LogP contribution in [0.15, 0.2) is 71.5 Å². The smallest absolute Gasteiger partial charge is 0.407 e. The number of morpholine rings is 1. The summed E-state index contributed by atoms with van der Waals surface area (Å²) in [6, 6.07) is 21.2. The second-order valence-corrected chi connectivity index (χ2v) is 12.4. The zero-order valence-corrected chi connectivity index (χ0v) is 26.1. The number of fused-ring (bicyclic) bond motifs is 2. The van der Waals surface area contributed by atoms with E-state index in [0.717, 1.165) is 64.0 Å².